The van der Waals surface area contributed by atoms with E-state index in [1.165, 1.54) is 12.1 Å². The summed E-state index contributed by atoms with van der Waals surface area (Å²) in [5, 5.41) is 12.7. The molecule has 1 heterocycles. The maximum Gasteiger partial charge on any atom is 0.205 e. The Morgan fingerprint density at radius 1 is 1.24 bits per heavy atom. The highest BCUT2D eigenvalue weighted by Crippen LogP contribution is 2.38. The maximum absolute atomic E-state index is 13.3. The number of nitrogens with two attached hydrogens (primary N) is 1. The lowest BCUT2D eigenvalue weighted by atomic mass is 10.1. The van der Waals surface area contributed by atoms with Crippen molar-refractivity contribution >= 4 is 49.4 Å². The number of nitrogens with zero attached hydrogens (tertiary/aromatic N) is 1. The summed E-state index contributed by atoms with van der Waals surface area (Å²) in [4.78, 5) is 13.0. The van der Waals surface area contributed by atoms with Gasteiger partial charge in [0.2, 0.25) is 5.78 Å². The molecule has 0 spiro atoms. The fraction of sp³-hybridized carbons (Fsp3) is 0. The van der Waals surface area contributed by atoms with Crippen molar-refractivity contribution in [3.05, 3.63) is 74.8 Å². The highest BCUT2D eigenvalue weighted by atomic mass is 79.9. The van der Waals surface area contributed by atoms with Gasteiger partial charge in [-0.15, -0.1) is 11.3 Å². The number of thiophene rings is 1. The Hall–Kier alpha value is -2.69. The first-order chi connectivity index (χ1) is 12.0. The van der Waals surface area contributed by atoms with Crippen LogP contribution in [-0.2, 0) is 0 Å². The summed E-state index contributed by atoms with van der Waals surface area (Å²) < 4.78 is 14.2. The molecule has 0 unspecified atom stereocenters. The molecule has 0 bridgehead atoms. The number of nitrogen functional groups attached to an aromatic ring is 1. The van der Waals surface area contributed by atoms with Gasteiger partial charge in [-0.25, -0.2) is 4.39 Å². The van der Waals surface area contributed by atoms with E-state index in [2.05, 4.69) is 21.2 Å². The van der Waals surface area contributed by atoms with Crippen LogP contribution in [0.15, 0.2) is 53.0 Å². The Kier molecular flexibility index (Phi) is 4.83. The van der Waals surface area contributed by atoms with Gasteiger partial charge in [0.05, 0.1) is 5.69 Å². The minimum absolute atomic E-state index is 0.124. The highest BCUT2D eigenvalue weighted by Gasteiger charge is 2.22. The van der Waals surface area contributed by atoms with Gasteiger partial charge < -0.3 is 11.1 Å². The fourth-order valence-corrected chi connectivity index (χ4v) is 3.56. The van der Waals surface area contributed by atoms with Crippen molar-refractivity contribution in [1.29, 1.82) is 5.26 Å². The molecule has 0 aliphatic rings. The zero-order valence-electron chi connectivity index (χ0n) is 12.7. The molecule has 0 saturated heterocycles. The number of carbonyl (C=O) groups is 1. The van der Waals surface area contributed by atoms with Crippen LogP contribution in [0.3, 0.4) is 0 Å². The van der Waals surface area contributed by atoms with Crippen LogP contribution in [-0.4, -0.2) is 5.78 Å². The van der Waals surface area contributed by atoms with Gasteiger partial charge in [-0.1, -0.05) is 22.0 Å². The number of carbonyl (C=O) groups excluding carboxylic acids is 1. The van der Waals surface area contributed by atoms with Crippen LogP contribution in [0.25, 0.3) is 0 Å². The molecule has 2 aromatic carbocycles. The van der Waals surface area contributed by atoms with Crippen molar-refractivity contribution in [3.8, 4) is 6.07 Å². The molecule has 25 heavy (non-hydrogen) atoms. The summed E-state index contributed by atoms with van der Waals surface area (Å²) in [5.74, 6) is -0.669. The Morgan fingerprint density at radius 3 is 2.60 bits per heavy atom. The minimum Gasteiger partial charge on any atom is -0.396 e. The van der Waals surface area contributed by atoms with E-state index < -0.39 is 5.82 Å². The number of hydrogen-bond donors (Lipinski definition) is 2. The van der Waals surface area contributed by atoms with E-state index in [9.17, 15) is 14.4 Å². The lowest BCUT2D eigenvalue weighted by Crippen LogP contribution is -2.02. The third-order valence-corrected chi connectivity index (χ3v) is 5.10. The number of nitrogens with one attached hydrogen (secondary N) is 1. The molecule has 3 rings (SSSR count). The largest absolute Gasteiger partial charge is 0.396 e. The van der Waals surface area contributed by atoms with Crippen LogP contribution in [0.2, 0.25) is 0 Å². The van der Waals surface area contributed by atoms with E-state index >= 15 is 0 Å². The second-order valence-corrected chi connectivity index (χ2v) is 7.07. The molecule has 3 N–H and O–H groups in total. The van der Waals surface area contributed by atoms with Crippen molar-refractivity contribution in [1.82, 2.24) is 0 Å². The van der Waals surface area contributed by atoms with Crippen LogP contribution >= 0.6 is 27.3 Å². The van der Waals surface area contributed by atoms with Gasteiger partial charge in [0, 0.05) is 15.7 Å². The topological polar surface area (TPSA) is 78.9 Å². The summed E-state index contributed by atoms with van der Waals surface area (Å²) in [6.45, 7) is 0. The van der Waals surface area contributed by atoms with E-state index in [1.807, 2.05) is 6.07 Å². The highest BCUT2D eigenvalue weighted by molar-refractivity contribution is 9.10. The normalized spacial score (nSPS) is 10.3. The van der Waals surface area contributed by atoms with Crippen molar-refractivity contribution in [3.63, 3.8) is 0 Å². The summed E-state index contributed by atoms with van der Waals surface area (Å²) in [7, 11) is 0. The molecule has 0 aliphatic carbocycles. The van der Waals surface area contributed by atoms with Crippen LogP contribution in [0.4, 0.5) is 20.8 Å². The van der Waals surface area contributed by atoms with Gasteiger partial charge in [0.1, 0.15) is 27.3 Å². The number of nitriles is 1. The van der Waals surface area contributed by atoms with E-state index in [-0.39, 0.29) is 21.9 Å². The van der Waals surface area contributed by atoms with E-state index in [1.54, 1.807) is 36.4 Å². The molecule has 3 aromatic rings. The molecule has 1 aromatic heterocycles. The maximum atomic E-state index is 13.3. The second-order valence-electron chi connectivity index (χ2n) is 5.13. The zero-order valence-corrected chi connectivity index (χ0v) is 15.1. The zero-order chi connectivity index (χ0) is 18.0. The lowest BCUT2D eigenvalue weighted by Gasteiger charge is -2.03. The molecule has 0 radical (unpaired) electrons. The Balaban J connectivity index is 1.99. The Bertz CT molecular complexity index is 993. The van der Waals surface area contributed by atoms with Crippen LogP contribution < -0.4 is 11.1 Å². The Morgan fingerprint density at radius 2 is 1.96 bits per heavy atom. The molecular weight excluding hydrogens is 405 g/mol. The van der Waals surface area contributed by atoms with Crippen molar-refractivity contribution in [2.24, 2.45) is 0 Å². The van der Waals surface area contributed by atoms with Crippen molar-refractivity contribution in [2.45, 2.75) is 0 Å². The average molecular weight is 416 g/mol. The van der Waals surface area contributed by atoms with Crippen LogP contribution in [0, 0.1) is 17.1 Å². The summed E-state index contributed by atoms with van der Waals surface area (Å²) in [6, 6.07) is 14.7. The smallest absolute Gasteiger partial charge is 0.205 e. The average Bonchev–Trinajstić information content (AvgIpc) is 2.90. The third-order valence-electron chi connectivity index (χ3n) is 3.45. The second kappa shape index (κ2) is 7.05. The van der Waals surface area contributed by atoms with Gasteiger partial charge in [-0.05, 0) is 42.5 Å². The summed E-state index contributed by atoms with van der Waals surface area (Å²) in [5.41, 5.74) is 7.25. The van der Waals surface area contributed by atoms with E-state index in [4.69, 9.17) is 5.73 Å². The van der Waals surface area contributed by atoms with Gasteiger partial charge in [0.15, 0.2) is 0 Å². The van der Waals surface area contributed by atoms with Gasteiger partial charge in [0.25, 0.3) is 0 Å². The molecule has 7 heteroatoms. The lowest BCUT2D eigenvalue weighted by molar-refractivity contribution is 0.104. The van der Waals surface area contributed by atoms with Crippen LogP contribution in [0.1, 0.15) is 20.8 Å². The van der Waals surface area contributed by atoms with Gasteiger partial charge >= 0.3 is 0 Å². The molecule has 4 nitrogen and oxygen atoms in total. The van der Waals surface area contributed by atoms with Gasteiger partial charge in [-0.2, -0.15) is 5.26 Å². The molecule has 0 atom stereocenters. The monoisotopic (exact) mass is 415 g/mol. The number of hydrogen-bond acceptors (Lipinski definition) is 5. The molecular formula is C18H11BrFN3OS. The number of rotatable bonds is 4. The number of halogens is 2. The third kappa shape index (κ3) is 3.55. The predicted molar refractivity (Wildman–Crippen MR) is 101 cm³/mol. The molecule has 0 fully saturated rings. The standard InChI is InChI=1S/C18H11BrFN3OS/c19-11-6-4-10(5-7-11)16(24)17-15(22)14(9-21)18(25-17)23-13-3-1-2-12(20)8-13/h1-8,23H,22H2. The van der Waals surface area contributed by atoms with Gasteiger partial charge in [-0.3, -0.25) is 4.79 Å². The molecule has 124 valence electrons. The van der Waals surface area contributed by atoms with Crippen LogP contribution in [0.5, 0.6) is 0 Å². The minimum atomic E-state index is -0.404. The van der Waals surface area contributed by atoms with Crippen molar-refractivity contribution < 1.29 is 9.18 Å². The fourth-order valence-electron chi connectivity index (χ4n) is 2.24. The molecule has 0 saturated carbocycles. The van der Waals surface area contributed by atoms with E-state index in [0.29, 0.717) is 16.3 Å². The van der Waals surface area contributed by atoms with Crippen molar-refractivity contribution in [2.75, 3.05) is 11.1 Å². The number of benzene rings is 2. The summed E-state index contributed by atoms with van der Waals surface area (Å²) >= 11 is 4.39. The molecule has 0 amide bonds. The molecule has 0 aliphatic heterocycles. The first-order valence-electron chi connectivity index (χ1n) is 7.15. The summed E-state index contributed by atoms with van der Waals surface area (Å²) in [6.07, 6.45) is 0. The SMILES string of the molecule is N#Cc1c(Nc2cccc(F)c2)sc(C(=O)c2ccc(Br)cc2)c1N. The number of anilines is 3. The quantitative estimate of drug-likeness (QED) is 0.582. The predicted octanol–water partition coefficient (Wildman–Crippen LogP) is 5.08. The Labute approximate surface area is 155 Å². The first-order valence-corrected chi connectivity index (χ1v) is 8.75. The number of ketones is 1. The first kappa shape index (κ1) is 17.1. The van der Waals surface area contributed by atoms with E-state index in [0.717, 1.165) is 15.8 Å².